The van der Waals surface area contributed by atoms with Crippen LogP contribution in [0.2, 0.25) is 0 Å². The molecule has 1 aliphatic carbocycles. The smallest absolute Gasteiger partial charge is 0.287 e. The Bertz CT molecular complexity index is 424. The molecular formula is C14H21NO3S. The summed E-state index contributed by atoms with van der Waals surface area (Å²) in [6.07, 6.45) is 6.95. The molecule has 1 heterocycles. The fourth-order valence-corrected chi connectivity index (χ4v) is 3.01. The zero-order valence-corrected chi connectivity index (χ0v) is 12.1. The minimum atomic E-state index is -0.457. The number of hydrogen-bond acceptors (Lipinski definition) is 4. The van der Waals surface area contributed by atoms with E-state index >= 15 is 0 Å². The van der Waals surface area contributed by atoms with Crippen LogP contribution >= 0.6 is 11.8 Å². The zero-order chi connectivity index (χ0) is 13.7. The van der Waals surface area contributed by atoms with Crippen molar-refractivity contribution in [1.82, 2.24) is 5.32 Å². The molecule has 4 nitrogen and oxygen atoms in total. The highest BCUT2D eigenvalue weighted by molar-refractivity contribution is 7.97. The van der Waals surface area contributed by atoms with Crippen LogP contribution in [0.3, 0.4) is 0 Å². The molecular weight excluding hydrogens is 262 g/mol. The van der Waals surface area contributed by atoms with Gasteiger partial charge in [-0.3, -0.25) is 4.79 Å². The first-order chi connectivity index (χ1) is 9.19. The molecule has 0 atom stereocenters. The number of furan rings is 1. The molecule has 0 aromatic carbocycles. The van der Waals surface area contributed by atoms with Crippen LogP contribution in [0, 0.1) is 0 Å². The SMILES string of the molecule is CSCc1ccc(C(=O)NC2(CO)CCCCC2)o1. The van der Waals surface area contributed by atoms with Gasteiger partial charge in [-0.25, -0.2) is 0 Å². The van der Waals surface area contributed by atoms with Crippen LogP contribution in [-0.2, 0) is 5.75 Å². The number of thioether (sulfide) groups is 1. The second-order valence-electron chi connectivity index (χ2n) is 5.15. The summed E-state index contributed by atoms with van der Waals surface area (Å²) in [6, 6.07) is 3.53. The first-order valence-corrected chi connectivity index (χ1v) is 8.09. The van der Waals surface area contributed by atoms with Gasteiger partial charge in [0.25, 0.3) is 5.91 Å². The maximum atomic E-state index is 12.2. The molecule has 5 heteroatoms. The highest BCUT2D eigenvalue weighted by atomic mass is 32.2. The largest absolute Gasteiger partial charge is 0.455 e. The quantitative estimate of drug-likeness (QED) is 0.872. The highest BCUT2D eigenvalue weighted by Gasteiger charge is 2.33. The van der Waals surface area contributed by atoms with Crippen molar-refractivity contribution in [2.24, 2.45) is 0 Å². The molecule has 1 amide bonds. The van der Waals surface area contributed by atoms with Crippen LogP contribution in [0.1, 0.15) is 48.4 Å². The van der Waals surface area contributed by atoms with E-state index < -0.39 is 5.54 Å². The van der Waals surface area contributed by atoms with Crippen molar-refractivity contribution in [3.05, 3.63) is 23.7 Å². The lowest BCUT2D eigenvalue weighted by molar-refractivity contribution is 0.0732. The van der Waals surface area contributed by atoms with E-state index in [0.29, 0.717) is 5.76 Å². The molecule has 1 aliphatic rings. The Hall–Kier alpha value is -0.940. The number of aliphatic hydroxyl groups excluding tert-OH is 1. The number of amides is 1. The molecule has 2 rings (SSSR count). The predicted molar refractivity (Wildman–Crippen MR) is 76.3 cm³/mol. The summed E-state index contributed by atoms with van der Waals surface area (Å²) >= 11 is 1.65. The van der Waals surface area contributed by atoms with Gasteiger partial charge in [0.1, 0.15) is 5.76 Å². The van der Waals surface area contributed by atoms with Gasteiger partial charge in [-0.05, 0) is 31.2 Å². The van der Waals surface area contributed by atoms with E-state index in [1.165, 1.54) is 6.42 Å². The van der Waals surface area contributed by atoms with Crippen molar-refractivity contribution >= 4 is 17.7 Å². The molecule has 1 saturated carbocycles. The van der Waals surface area contributed by atoms with E-state index in [4.69, 9.17) is 4.42 Å². The van der Waals surface area contributed by atoms with Gasteiger partial charge < -0.3 is 14.8 Å². The average Bonchev–Trinajstić information content (AvgIpc) is 2.89. The fourth-order valence-electron chi connectivity index (χ4n) is 2.57. The van der Waals surface area contributed by atoms with Crippen LogP contribution in [0.5, 0.6) is 0 Å². The summed E-state index contributed by atoms with van der Waals surface area (Å²) in [5.41, 5.74) is -0.457. The second kappa shape index (κ2) is 6.48. The van der Waals surface area contributed by atoms with Gasteiger partial charge in [-0.15, -0.1) is 0 Å². The van der Waals surface area contributed by atoms with E-state index in [1.54, 1.807) is 17.8 Å². The Morgan fingerprint density at radius 1 is 1.42 bits per heavy atom. The maximum Gasteiger partial charge on any atom is 0.287 e. The topological polar surface area (TPSA) is 62.5 Å². The highest BCUT2D eigenvalue weighted by Crippen LogP contribution is 2.28. The normalized spacial score (nSPS) is 18.2. The maximum absolute atomic E-state index is 12.2. The van der Waals surface area contributed by atoms with Crippen LogP contribution < -0.4 is 5.32 Å². The van der Waals surface area contributed by atoms with Crippen molar-refractivity contribution in [2.45, 2.75) is 43.4 Å². The Morgan fingerprint density at radius 3 is 2.79 bits per heavy atom. The van der Waals surface area contributed by atoms with Gasteiger partial charge >= 0.3 is 0 Å². The Kier molecular flexibility index (Phi) is 4.93. The van der Waals surface area contributed by atoms with Crippen molar-refractivity contribution in [3.8, 4) is 0 Å². The number of carbonyl (C=O) groups excluding carboxylic acids is 1. The first kappa shape index (κ1) is 14.5. The lowest BCUT2D eigenvalue weighted by atomic mass is 9.82. The standard InChI is InChI=1S/C14H21NO3S/c1-19-9-11-5-6-12(18-11)13(17)15-14(10-16)7-3-2-4-8-14/h5-6,16H,2-4,7-10H2,1H3,(H,15,17). The van der Waals surface area contributed by atoms with E-state index in [2.05, 4.69) is 5.32 Å². The second-order valence-corrected chi connectivity index (χ2v) is 6.02. The van der Waals surface area contributed by atoms with E-state index in [9.17, 15) is 9.90 Å². The molecule has 0 bridgehead atoms. The summed E-state index contributed by atoms with van der Waals surface area (Å²) < 4.78 is 5.50. The first-order valence-electron chi connectivity index (χ1n) is 6.70. The van der Waals surface area contributed by atoms with Gasteiger partial charge in [0.2, 0.25) is 0 Å². The summed E-state index contributed by atoms with van der Waals surface area (Å²) in [5, 5.41) is 12.5. The third kappa shape index (κ3) is 3.54. The zero-order valence-electron chi connectivity index (χ0n) is 11.3. The number of rotatable bonds is 5. The Labute approximate surface area is 117 Å². The summed E-state index contributed by atoms with van der Waals surface area (Å²) in [5.74, 6) is 1.68. The Morgan fingerprint density at radius 2 is 2.16 bits per heavy atom. The fraction of sp³-hybridized carbons (Fsp3) is 0.643. The molecule has 19 heavy (non-hydrogen) atoms. The minimum absolute atomic E-state index is 0.00286. The van der Waals surface area contributed by atoms with Crippen LogP contribution in [-0.4, -0.2) is 29.4 Å². The molecule has 0 unspecified atom stereocenters. The molecule has 1 fully saturated rings. The predicted octanol–water partition coefficient (Wildman–Crippen LogP) is 2.57. The van der Waals surface area contributed by atoms with Crippen molar-refractivity contribution < 1.29 is 14.3 Å². The third-order valence-electron chi connectivity index (χ3n) is 3.66. The van der Waals surface area contributed by atoms with Crippen molar-refractivity contribution in [1.29, 1.82) is 0 Å². The molecule has 0 saturated heterocycles. The molecule has 0 aliphatic heterocycles. The number of carbonyl (C=O) groups is 1. The molecule has 0 radical (unpaired) electrons. The lowest BCUT2D eigenvalue weighted by Crippen LogP contribution is -2.52. The van der Waals surface area contributed by atoms with Crippen LogP contribution in [0.15, 0.2) is 16.5 Å². The van der Waals surface area contributed by atoms with Gasteiger partial charge in [-0.1, -0.05) is 19.3 Å². The Balaban J connectivity index is 2.02. The molecule has 2 N–H and O–H groups in total. The molecule has 0 spiro atoms. The average molecular weight is 283 g/mol. The molecule has 1 aromatic heterocycles. The number of nitrogens with one attached hydrogen (secondary N) is 1. The third-order valence-corrected chi connectivity index (χ3v) is 4.24. The minimum Gasteiger partial charge on any atom is -0.455 e. The van der Waals surface area contributed by atoms with Crippen LogP contribution in [0.25, 0.3) is 0 Å². The summed E-state index contributed by atoms with van der Waals surface area (Å²) in [7, 11) is 0. The monoisotopic (exact) mass is 283 g/mol. The van der Waals surface area contributed by atoms with Crippen molar-refractivity contribution in [2.75, 3.05) is 12.9 Å². The van der Waals surface area contributed by atoms with Crippen LogP contribution in [0.4, 0.5) is 0 Å². The molecule has 1 aromatic rings. The van der Waals surface area contributed by atoms with Crippen molar-refractivity contribution in [3.63, 3.8) is 0 Å². The molecule has 106 valence electrons. The van der Waals surface area contributed by atoms with Gasteiger partial charge in [0, 0.05) is 0 Å². The lowest BCUT2D eigenvalue weighted by Gasteiger charge is -2.36. The van der Waals surface area contributed by atoms with Gasteiger partial charge in [-0.2, -0.15) is 11.8 Å². The van der Waals surface area contributed by atoms with E-state index in [0.717, 1.165) is 37.2 Å². The van der Waals surface area contributed by atoms with Gasteiger partial charge in [0.15, 0.2) is 5.76 Å². The van der Waals surface area contributed by atoms with Gasteiger partial charge in [0.05, 0.1) is 17.9 Å². The van der Waals surface area contributed by atoms with E-state index in [-0.39, 0.29) is 12.5 Å². The number of hydrogen-bond donors (Lipinski definition) is 2. The summed E-state index contributed by atoms with van der Waals surface area (Å²) in [4.78, 5) is 12.2. The summed E-state index contributed by atoms with van der Waals surface area (Å²) in [6.45, 7) is -0.00286. The number of aliphatic hydroxyl groups is 1. The van der Waals surface area contributed by atoms with E-state index in [1.807, 2.05) is 12.3 Å².